The minimum Gasteiger partial charge on any atom is -0.389 e. The van der Waals surface area contributed by atoms with Gasteiger partial charge in [0.2, 0.25) is 5.91 Å². The van der Waals surface area contributed by atoms with Crippen LogP contribution in [0.3, 0.4) is 0 Å². The summed E-state index contributed by atoms with van der Waals surface area (Å²) in [5.41, 5.74) is 0. The van der Waals surface area contributed by atoms with Gasteiger partial charge in [-0.05, 0) is 26.9 Å². The van der Waals surface area contributed by atoms with Crippen molar-refractivity contribution in [2.75, 3.05) is 46.9 Å². The first kappa shape index (κ1) is 18.4. The Bertz CT molecular complexity index is 395. The average Bonchev–Trinajstić information content (AvgIpc) is 2.70. The van der Waals surface area contributed by atoms with E-state index >= 15 is 0 Å². The number of carbonyl (C=O) groups excluding carboxylic acids is 1. The maximum absolute atomic E-state index is 12.1. The molecule has 0 radical (unpaired) electrons. The number of likely N-dealkylation sites (N-methyl/N-ethyl adjacent to an activating group) is 1. The highest BCUT2D eigenvalue weighted by Crippen LogP contribution is 2.24. The monoisotopic (exact) mass is 325 g/mol. The summed E-state index contributed by atoms with van der Waals surface area (Å²) in [7, 11) is 3.93. The smallest absolute Gasteiger partial charge is 0.244 e. The lowest BCUT2D eigenvalue weighted by molar-refractivity contribution is -0.118. The van der Waals surface area contributed by atoms with Crippen molar-refractivity contribution in [2.24, 2.45) is 0 Å². The molecule has 1 aliphatic heterocycles. The van der Waals surface area contributed by atoms with Crippen LogP contribution in [0.1, 0.15) is 25.7 Å². The lowest BCUT2D eigenvalue weighted by Crippen LogP contribution is -2.55. The Balaban J connectivity index is 1.91. The number of carbonyl (C=O) groups is 1. The first-order valence-electron chi connectivity index (χ1n) is 8.69. The molecule has 1 saturated carbocycles. The standard InChI is InChI=1S/C17H31N3O3/c1-19(2)9-5-8-16(21)18-14-6-3-4-7-15(17(14)22)20-10-12-23-13-11-20/h5,8,14-15,17,22H,3-4,6-7,9-13H2,1-2H3,(H,18,21)/b8-5+/t14-,15-,17-/m1/s1. The largest absolute Gasteiger partial charge is 0.389 e. The second-order valence-corrected chi connectivity index (χ2v) is 6.77. The fourth-order valence-corrected chi connectivity index (χ4v) is 3.39. The number of aliphatic hydroxyl groups excluding tert-OH is 1. The maximum Gasteiger partial charge on any atom is 0.244 e. The van der Waals surface area contributed by atoms with Crippen molar-refractivity contribution < 1.29 is 14.6 Å². The van der Waals surface area contributed by atoms with E-state index in [9.17, 15) is 9.90 Å². The number of morpholine rings is 1. The second kappa shape index (κ2) is 9.37. The molecular formula is C17H31N3O3. The number of rotatable bonds is 5. The van der Waals surface area contributed by atoms with E-state index < -0.39 is 6.10 Å². The van der Waals surface area contributed by atoms with E-state index in [0.717, 1.165) is 58.5 Å². The molecule has 2 rings (SSSR count). The third-order valence-corrected chi connectivity index (χ3v) is 4.65. The van der Waals surface area contributed by atoms with Crippen LogP contribution in [0.15, 0.2) is 12.2 Å². The average molecular weight is 325 g/mol. The van der Waals surface area contributed by atoms with E-state index in [1.54, 1.807) is 6.08 Å². The summed E-state index contributed by atoms with van der Waals surface area (Å²) in [6.07, 6.45) is 6.88. The fourth-order valence-electron chi connectivity index (χ4n) is 3.39. The first-order chi connectivity index (χ1) is 11.1. The molecular weight excluding hydrogens is 294 g/mol. The summed E-state index contributed by atoms with van der Waals surface area (Å²) in [6, 6.07) is -0.0423. The van der Waals surface area contributed by atoms with E-state index in [-0.39, 0.29) is 18.0 Å². The minimum atomic E-state index is -0.512. The van der Waals surface area contributed by atoms with Crippen molar-refractivity contribution in [3.8, 4) is 0 Å². The van der Waals surface area contributed by atoms with Crippen molar-refractivity contribution in [1.82, 2.24) is 15.1 Å². The van der Waals surface area contributed by atoms with Gasteiger partial charge in [-0.2, -0.15) is 0 Å². The first-order valence-corrected chi connectivity index (χ1v) is 8.69. The highest BCUT2D eigenvalue weighted by atomic mass is 16.5. The molecule has 6 nitrogen and oxygen atoms in total. The van der Waals surface area contributed by atoms with Crippen LogP contribution in [-0.4, -0.2) is 85.9 Å². The topological polar surface area (TPSA) is 65.0 Å². The van der Waals surface area contributed by atoms with Gasteiger partial charge in [0.1, 0.15) is 0 Å². The number of aliphatic hydroxyl groups is 1. The van der Waals surface area contributed by atoms with Crippen LogP contribution in [0.25, 0.3) is 0 Å². The van der Waals surface area contributed by atoms with Gasteiger partial charge in [-0.1, -0.05) is 18.9 Å². The van der Waals surface area contributed by atoms with Crippen molar-refractivity contribution in [1.29, 1.82) is 0 Å². The van der Waals surface area contributed by atoms with Crippen LogP contribution in [-0.2, 0) is 9.53 Å². The highest BCUT2D eigenvalue weighted by Gasteiger charge is 2.34. The highest BCUT2D eigenvalue weighted by molar-refractivity contribution is 5.87. The van der Waals surface area contributed by atoms with Gasteiger partial charge >= 0.3 is 0 Å². The third kappa shape index (κ3) is 5.88. The zero-order valence-corrected chi connectivity index (χ0v) is 14.4. The molecule has 0 bridgehead atoms. The number of ether oxygens (including phenoxy) is 1. The summed E-state index contributed by atoms with van der Waals surface area (Å²) < 4.78 is 5.41. The minimum absolute atomic E-state index is 0.112. The van der Waals surface area contributed by atoms with Gasteiger partial charge in [0.25, 0.3) is 0 Å². The lowest BCUT2D eigenvalue weighted by atomic mass is 9.99. The fraction of sp³-hybridized carbons (Fsp3) is 0.824. The molecule has 0 unspecified atom stereocenters. The molecule has 1 aliphatic carbocycles. The molecule has 0 spiro atoms. The van der Waals surface area contributed by atoms with Crippen molar-refractivity contribution >= 4 is 5.91 Å². The predicted octanol–water partition coefficient (Wildman–Crippen LogP) is 0.225. The summed E-state index contributed by atoms with van der Waals surface area (Å²) in [5.74, 6) is -0.112. The van der Waals surface area contributed by atoms with Crippen molar-refractivity contribution in [3.63, 3.8) is 0 Å². The Morgan fingerprint density at radius 2 is 2.00 bits per heavy atom. The van der Waals surface area contributed by atoms with Crippen LogP contribution in [0, 0.1) is 0 Å². The number of hydrogen-bond donors (Lipinski definition) is 2. The molecule has 1 heterocycles. The molecule has 2 aliphatic rings. The third-order valence-electron chi connectivity index (χ3n) is 4.65. The van der Waals surface area contributed by atoms with Gasteiger partial charge in [0.15, 0.2) is 0 Å². The van der Waals surface area contributed by atoms with Crippen LogP contribution in [0.4, 0.5) is 0 Å². The normalized spacial score (nSPS) is 30.5. The SMILES string of the molecule is CN(C)C/C=C/C(=O)N[C@@H]1CCCC[C@@H](N2CCOCC2)[C@@H]1O. The van der Waals surface area contributed by atoms with E-state index in [1.165, 1.54) is 0 Å². The summed E-state index contributed by atoms with van der Waals surface area (Å²) in [4.78, 5) is 16.4. The van der Waals surface area contributed by atoms with Crippen LogP contribution in [0.2, 0.25) is 0 Å². The van der Waals surface area contributed by atoms with Crippen LogP contribution >= 0.6 is 0 Å². The van der Waals surface area contributed by atoms with Crippen molar-refractivity contribution in [2.45, 2.75) is 43.9 Å². The number of hydrogen-bond acceptors (Lipinski definition) is 5. The van der Waals surface area contributed by atoms with E-state index in [4.69, 9.17) is 4.74 Å². The molecule has 1 saturated heterocycles. The Morgan fingerprint density at radius 3 is 2.70 bits per heavy atom. The summed E-state index contributed by atoms with van der Waals surface area (Å²) in [6.45, 7) is 3.92. The van der Waals surface area contributed by atoms with Gasteiger partial charge in [-0.25, -0.2) is 0 Å². The molecule has 23 heavy (non-hydrogen) atoms. The molecule has 0 aromatic carbocycles. The lowest BCUT2D eigenvalue weighted by Gasteiger charge is -2.38. The molecule has 2 N–H and O–H groups in total. The van der Waals surface area contributed by atoms with E-state index in [2.05, 4.69) is 10.2 Å². The molecule has 1 amide bonds. The van der Waals surface area contributed by atoms with E-state index in [0.29, 0.717) is 0 Å². The molecule has 0 aromatic heterocycles. The zero-order valence-electron chi connectivity index (χ0n) is 14.4. The Kier molecular flexibility index (Phi) is 7.49. The Morgan fingerprint density at radius 1 is 1.30 bits per heavy atom. The van der Waals surface area contributed by atoms with Gasteiger partial charge in [0.05, 0.1) is 25.4 Å². The van der Waals surface area contributed by atoms with Crippen LogP contribution < -0.4 is 5.32 Å². The van der Waals surface area contributed by atoms with Gasteiger partial charge in [0, 0.05) is 31.8 Å². The van der Waals surface area contributed by atoms with Gasteiger partial charge < -0.3 is 20.1 Å². The maximum atomic E-state index is 12.1. The second-order valence-electron chi connectivity index (χ2n) is 6.77. The van der Waals surface area contributed by atoms with E-state index in [1.807, 2.05) is 25.1 Å². The quantitative estimate of drug-likeness (QED) is 0.559. The van der Waals surface area contributed by atoms with Gasteiger partial charge in [-0.3, -0.25) is 9.69 Å². The molecule has 3 atom stereocenters. The molecule has 6 heteroatoms. The molecule has 2 fully saturated rings. The van der Waals surface area contributed by atoms with Crippen LogP contribution in [0.5, 0.6) is 0 Å². The Hall–Kier alpha value is -0.950. The number of nitrogens with one attached hydrogen (secondary N) is 1. The Labute approximate surface area is 139 Å². The summed E-state index contributed by atoms with van der Waals surface area (Å²) >= 11 is 0. The molecule has 0 aromatic rings. The summed E-state index contributed by atoms with van der Waals surface area (Å²) in [5, 5.41) is 13.8. The number of amides is 1. The molecule has 132 valence electrons. The number of nitrogens with zero attached hydrogens (tertiary/aromatic N) is 2. The predicted molar refractivity (Wildman–Crippen MR) is 90.3 cm³/mol. The van der Waals surface area contributed by atoms with Gasteiger partial charge in [-0.15, -0.1) is 0 Å². The van der Waals surface area contributed by atoms with Crippen molar-refractivity contribution in [3.05, 3.63) is 12.2 Å². The zero-order chi connectivity index (χ0) is 16.7.